The molecule has 0 radical (unpaired) electrons. The summed E-state index contributed by atoms with van der Waals surface area (Å²) in [5, 5.41) is 15.0. The molecule has 1 rings (SSSR count). The molecule has 1 unspecified atom stereocenters. The van der Waals surface area contributed by atoms with E-state index in [9.17, 15) is 14.7 Å². The van der Waals surface area contributed by atoms with E-state index in [4.69, 9.17) is 0 Å². The molecule has 1 atom stereocenters. The van der Waals surface area contributed by atoms with E-state index in [0.29, 0.717) is 5.69 Å². The third-order valence-electron chi connectivity index (χ3n) is 2.92. The Kier molecular flexibility index (Phi) is 6.18. The zero-order chi connectivity index (χ0) is 15.1. The molecule has 110 valence electrons. The van der Waals surface area contributed by atoms with Gasteiger partial charge in [0.1, 0.15) is 0 Å². The second-order valence-corrected chi connectivity index (χ2v) is 5.17. The molecule has 0 heterocycles. The quantitative estimate of drug-likeness (QED) is 0.734. The summed E-state index contributed by atoms with van der Waals surface area (Å²) in [5.41, 5.74) is 1.56. The third-order valence-corrected chi connectivity index (χ3v) is 2.92. The van der Waals surface area contributed by atoms with Crippen LogP contribution in [0.5, 0.6) is 0 Å². The average molecular weight is 278 g/mol. The van der Waals surface area contributed by atoms with Crippen molar-refractivity contribution in [3.05, 3.63) is 29.8 Å². The van der Waals surface area contributed by atoms with Crippen molar-refractivity contribution in [2.75, 3.05) is 11.9 Å². The first-order valence-corrected chi connectivity index (χ1v) is 6.69. The zero-order valence-electron chi connectivity index (χ0n) is 12.1. The maximum atomic E-state index is 11.7. The smallest absolute Gasteiger partial charge is 0.224 e. The third kappa shape index (κ3) is 5.84. The van der Waals surface area contributed by atoms with Crippen LogP contribution in [0, 0.1) is 5.92 Å². The SMILES string of the molecule is CC(=O)Nc1ccc(CC(=O)NCC(O)C(C)C)cc1. The molecule has 1 aromatic carbocycles. The van der Waals surface area contributed by atoms with Crippen LogP contribution in [0.3, 0.4) is 0 Å². The molecular formula is C15H22N2O3. The number of anilines is 1. The van der Waals surface area contributed by atoms with Crippen molar-refractivity contribution in [3.63, 3.8) is 0 Å². The number of carbonyl (C=O) groups excluding carboxylic acids is 2. The normalized spacial score (nSPS) is 12.1. The number of amides is 2. The fraction of sp³-hybridized carbons (Fsp3) is 0.467. The van der Waals surface area contributed by atoms with Gasteiger partial charge < -0.3 is 15.7 Å². The summed E-state index contributed by atoms with van der Waals surface area (Å²) >= 11 is 0. The van der Waals surface area contributed by atoms with Gasteiger partial charge in [-0.25, -0.2) is 0 Å². The van der Waals surface area contributed by atoms with Gasteiger partial charge in [0.2, 0.25) is 11.8 Å². The van der Waals surface area contributed by atoms with Crippen molar-refractivity contribution >= 4 is 17.5 Å². The van der Waals surface area contributed by atoms with Crippen molar-refractivity contribution in [2.24, 2.45) is 5.92 Å². The van der Waals surface area contributed by atoms with E-state index in [2.05, 4.69) is 10.6 Å². The Bertz CT molecular complexity index is 455. The first-order chi connectivity index (χ1) is 9.38. The number of hydrogen-bond donors (Lipinski definition) is 3. The van der Waals surface area contributed by atoms with E-state index in [1.807, 2.05) is 13.8 Å². The molecule has 3 N–H and O–H groups in total. The summed E-state index contributed by atoms with van der Waals surface area (Å²) in [4.78, 5) is 22.6. The Morgan fingerprint density at radius 2 is 1.80 bits per heavy atom. The molecule has 0 aliphatic carbocycles. The van der Waals surface area contributed by atoms with Gasteiger partial charge in [-0.2, -0.15) is 0 Å². The summed E-state index contributed by atoms with van der Waals surface area (Å²) in [6.07, 6.45) is -0.272. The van der Waals surface area contributed by atoms with Crippen LogP contribution in [0.2, 0.25) is 0 Å². The highest BCUT2D eigenvalue weighted by molar-refractivity contribution is 5.88. The van der Waals surface area contributed by atoms with E-state index in [-0.39, 0.29) is 30.7 Å². The number of rotatable bonds is 6. The Morgan fingerprint density at radius 1 is 1.20 bits per heavy atom. The molecule has 1 aromatic rings. The van der Waals surface area contributed by atoms with Crippen LogP contribution in [0.1, 0.15) is 26.3 Å². The average Bonchev–Trinajstić information content (AvgIpc) is 2.37. The fourth-order valence-corrected chi connectivity index (χ4v) is 1.61. The monoisotopic (exact) mass is 278 g/mol. The molecular weight excluding hydrogens is 256 g/mol. The van der Waals surface area contributed by atoms with Crippen LogP contribution >= 0.6 is 0 Å². The Morgan fingerprint density at radius 3 is 2.30 bits per heavy atom. The van der Waals surface area contributed by atoms with Gasteiger partial charge in [0.05, 0.1) is 12.5 Å². The first-order valence-electron chi connectivity index (χ1n) is 6.69. The lowest BCUT2D eigenvalue weighted by Gasteiger charge is -2.15. The molecule has 5 nitrogen and oxygen atoms in total. The fourth-order valence-electron chi connectivity index (χ4n) is 1.61. The van der Waals surface area contributed by atoms with Gasteiger partial charge in [0, 0.05) is 19.2 Å². The van der Waals surface area contributed by atoms with Crippen LogP contribution < -0.4 is 10.6 Å². The highest BCUT2D eigenvalue weighted by Crippen LogP contribution is 2.10. The van der Waals surface area contributed by atoms with Crippen molar-refractivity contribution < 1.29 is 14.7 Å². The second kappa shape index (κ2) is 7.65. The minimum absolute atomic E-state index is 0.118. The van der Waals surface area contributed by atoms with Crippen LogP contribution in [0.4, 0.5) is 5.69 Å². The molecule has 20 heavy (non-hydrogen) atoms. The predicted octanol–water partition coefficient (Wildman–Crippen LogP) is 1.32. The van der Waals surface area contributed by atoms with Gasteiger partial charge in [-0.1, -0.05) is 26.0 Å². The van der Waals surface area contributed by atoms with Crippen LogP contribution in [0.15, 0.2) is 24.3 Å². The summed E-state index contributed by atoms with van der Waals surface area (Å²) in [6, 6.07) is 7.10. The molecule has 0 saturated carbocycles. The Labute approximate surface area is 119 Å². The Hall–Kier alpha value is -1.88. The topological polar surface area (TPSA) is 78.4 Å². The summed E-state index contributed by atoms with van der Waals surface area (Å²) in [5.74, 6) is -0.137. The van der Waals surface area contributed by atoms with Gasteiger partial charge in [-0.3, -0.25) is 9.59 Å². The molecule has 0 spiro atoms. The lowest BCUT2D eigenvalue weighted by molar-refractivity contribution is -0.121. The Balaban J connectivity index is 2.44. The molecule has 2 amide bonds. The van der Waals surface area contributed by atoms with E-state index in [0.717, 1.165) is 5.56 Å². The van der Waals surface area contributed by atoms with Crippen molar-refractivity contribution in [2.45, 2.75) is 33.3 Å². The minimum atomic E-state index is -0.527. The number of aliphatic hydroxyl groups is 1. The molecule has 0 aliphatic heterocycles. The van der Waals surface area contributed by atoms with Gasteiger partial charge in [-0.05, 0) is 23.6 Å². The number of aliphatic hydroxyl groups excluding tert-OH is 1. The van der Waals surface area contributed by atoms with Crippen molar-refractivity contribution in [1.82, 2.24) is 5.32 Å². The van der Waals surface area contributed by atoms with Crippen LogP contribution in [-0.2, 0) is 16.0 Å². The molecule has 0 bridgehead atoms. The first kappa shape index (κ1) is 16.2. The van der Waals surface area contributed by atoms with Gasteiger partial charge in [0.15, 0.2) is 0 Å². The lowest BCUT2D eigenvalue weighted by atomic mass is 10.1. The predicted molar refractivity (Wildman–Crippen MR) is 78.3 cm³/mol. The van der Waals surface area contributed by atoms with E-state index >= 15 is 0 Å². The summed E-state index contributed by atoms with van der Waals surface area (Å²) in [7, 11) is 0. The lowest BCUT2D eigenvalue weighted by Crippen LogP contribution is -2.35. The maximum Gasteiger partial charge on any atom is 0.224 e. The molecule has 0 aromatic heterocycles. The summed E-state index contributed by atoms with van der Waals surface area (Å²) in [6.45, 7) is 5.51. The van der Waals surface area contributed by atoms with Crippen LogP contribution in [-0.4, -0.2) is 29.6 Å². The van der Waals surface area contributed by atoms with Gasteiger partial charge >= 0.3 is 0 Å². The zero-order valence-corrected chi connectivity index (χ0v) is 12.1. The largest absolute Gasteiger partial charge is 0.391 e. The minimum Gasteiger partial charge on any atom is -0.391 e. The van der Waals surface area contributed by atoms with Crippen molar-refractivity contribution in [1.29, 1.82) is 0 Å². The maximum absolute atomic E-state index is 11.7. The van der Waals surface area contributed by atoms with E-state index < -0.39 is 6.10 Å². The second-order valence-electron chi connectivity index (χ2n) is 5.17. The highest BCUT2D eigenvalue weighted by Gasteiger charge is 2.11. The van der Waals surface area contributed by atoms with E-state index in [1.165, 1.54) is 6.92 Å². The number of carbonyl (C=O) groups is 2. The molecule has 5 heteroatoms. The number of nitrogens with one attached hydrogen (secondary N) is 2. The molecule has 0 saturated heterocycles. The number of hydrogen-bond acceptors (Lipinski definition) is 3. The number of benzene rings is 1. The van der Waals surface area contributed by atoms with Gasteiger partial charge in [-0.15, -0.1) is 0 Å². The summed E-state index contributed by atoms with van der Waals surface area (Å²) < 4.78 is 0. The van der Waals surface area contributed by atoms with E-state index in [1.54, 1.807) is 24.3 Å². The van der Waals surface area contributed by atoms with Gasteiger partial charge in [0.25, 0.3) is 0 Å². The highest BCUT2D eigenvalue weighted by atomic mass is 16.3. The molecule has 0 fully saturated rings. The molecule has 0 aliphatic rings. The van der Waals surface area contributed by atoms with Crippen molar-refractivity contribution in [3.8, 4) is 0 Å². The van der Waals surface area contributed by atoms with Crippen LogP contribution in [0.25, 0.3) is 0 Å². The standard InChI is InChI=1S/C15H22N2O3/c1-10(2)14(19)9-16-15(20)8-12-4-6-13(7-5-12)17-11(3)18/h4-7,10,14,19H,8-9H2,1-3H3,(H,16,20)(H,17,18).